The van der Waals surface area contributed by atoms with Gasteiger partial charge in [0.2, 0.25) is 0 Å². The van der Waals surface area contributed by atoms with Gasteiger partial charge in [-0.1, -0.05) is 37.5 Å². The number of fused-ring (bicyclic) bond motifs is 6. The minimum Gasteiger partial charge on any atom is -0.426 e. The molecule has 1 aromatic rings. The first-order valence-electron chi connectivity index (χ1n) is 7.26. The van der Waals surface area contributed by atoms with E-state index in [-0.39, 0.29) is 17.8 Å². The number of ether oxygens (including phenoxy) is 1. The van der Waals surface area contributed by atoms with Crippen LogP contribution in [0.3, 0.4) is 0 Å². The van der Waals surface area contributed by atoms with Crippen LogP contribution in [0.2, 0.25) is 0 Å². The topological polar surface area (TPSA) is 46.5 Å². The van der Waals surface area contributed by atoms with Crippen LogP contribution in [-0.4, -0.2) is 11.1 Å². The van der Waals surface area contributed by atoms with Gasteiger partial charge in [-0.2, -0.15) is 0 Å². The number of hydrogen-bond acceptors (Lipinski definition) is 3. The summed E-state index contributed by atoms with van der Waals surface area (Å²) in [5, 5.41) is 11.2. The molecule has 4 rings (SSSR count). The Morgan fingerprint density at radius 1 is 1.16 bits per heavy atom. The fourth-order valence-electron chi connectivity index (χ4n) is 4.50. The number of rotatable bonds is 0. The van der Waals surface area contributed by atoms with E-state index in [1.807, 2.05) is 18.2 Å². The van der Waals surface area contributed by atoms with Crippen LogP contribution in [0.5, 0.6) is 5.75 Å². The Hall–Kier alpha value is -1.35. The summed E-state index contributed by atoms with van der Waals surface area (Å²) in [5.41, 5.74) is -0.149. The van der Waals surface area contributed by atoms with E-state index in [9.17, 15) is 9.90 Å². The van der Waals surface area contributed by atoms with Crippen molar-refractivity contribution in [3.05, 3.63) is 29.8 Å². The molecule has 1 aliphatic heterocycles. The molecule has 19 heavy (non-hydrogen) atoms. The second-order valence-electron chi connectivity index (χ2n) is 6.13. The van der Waals surface area contributed by atoms with Gasteiger partial charge in [-0.25, -0.2) is 0 Å². The molecule has 2 aliphatic carbocycles. The highest BCUT2D eigenvalue weighted by atomic mass is 16.5. The molecule has 0 spiro atoms. The molecule has 3 heteroatoms. The molecule has 1 aromatic carbocycles. The lowest BCUT2D eigenvalue weighted by atomic mass is 9.49. The molecular weight excluding hydrogens is 240 g/mol. The van der Waals surface area contributed by atoms with Crippen LogP contribution >= 0.6 is 0 Å². The highest BCUT2D eigenvalue weighted by molar-refractivity contribution is 5.82. The largest absolute Gasteiger partial charge is 0.426 e. The van der Waals surface area contributed by atoms with Gasteiger partial charge in [0.15, 0.2) is 0 Å². The molecule has 0 aromatic heterocycles. The minimum absolute atomic E-state index is 0.231. The molecule has 3 aliphatic rings. The number of carbonyl (C=O) groups is 1. The van der Waals surface area contributed by atoms with Crippen LogP contribution in [0.4, 0.5) is 0 Å². The Bertz CT molecular complexity index is 539. The Morgan fingerprint density at radius 2 is 1.95 bits per heavy atom. The molecule has 4 atom stereocenters. The summed E-state index contributed by atoms with van der Waals surface area (Å²) < 4.78 is 5.42. The van der Waals surface area contributed by atoms with E-state index in [1.165, 1.54) is 12.8 Å². The Balaban J connectivity index is 1.83. The SMILES string of the molecule is O=C1Oc2ccccc2[C@@]2(O)[C@H]3CCCCC[C@@H]3[C@H]12. The molecule has 0 amide bonds. The smallest absolute Gasteiger partial charge is 0.317 e. The summed E-state index contributed by atoms with van der Waals surface area (Å²) in [6.45, 7) is 0. The molecule has 100 valence electrons. The van der Waals surface area contributed by atoms with Crippen molar-refractivity contribution in [2.24, 2.45) is 17.8 Å². The van der Waals surface area contributed by atoms with Crippen molar-refractivity contribution in [3.8, 4) is 5.75 Å². The van der Waals surface area contributed by atoms with Crippen molar-refractivity contribution < 1.29 is 14.6 Å². The molecule has 1 heterocycles. The number of para-hydroxylation sites is 1. The summed E-state index contributed by atoms with van der Waals surface area (Å²) >= 11 is 0. The van der Waals surface area contributed by atoms with Gasteiger partial charge in [-0.05, 0) is 30.7 Å². The van der Waals surface area contributed by atoms with Gasteiger partial charge in [0.05, 0.1) is 5.92 Å². The third-order valence-electron chi connectivity index (χ3n) is 5.32. The summed E-state index contributed by atoms with van der Waals surface area (Å²) in [5.74, 6) is 0.520. The number of esters is 1. The minimum atomic E-state index is -0.971. The molecule has 0 saturated heterocycles. The fourth-order valence-corrected chi connectivity index (χ4v) is 4.50. The fraction of sp³-hybridized carbons (Fsp3) is 0.562. The highest BCUT2D eigenvalue weighted by Gasteiger charge is 2.67. The van der Waals surface area contributed by atoms with E-state index in [2.05, 4.69) is 0 Å². The van der Waals surface area contributed by atoms with E-state index in [0.29, 0.717) is 11.7 Å². The van der Waals surface area contributed by atoms with Gasteiger partial charge in [-0.3, -0.25) is 4.79 Å². The van der Waals surface area contributed by atoms with Gasteiger partial charge in [0.25, 0.3) is 0 Å². The summed E-state index contributed by atoms with van der Waals surface area (Å²) in [4.78, 5) is 12.2. The predicted molar refractivity (Wildman–Crippen MR) is 69.5 cm³/mol. The van der Waals surface area contributed by atoms with Gasteiger partial charge in [-0.15, -0.1) is 0 Å². The maximum atomic E-state index is 12.2. The van der Waals surface area contributed by atoms with Gasteiger partial charge in [0, 0.05) is 5.56 Å². The lowest BCUT2D eigenvalue weighted by molar-refractivity contribution is -0.226. The summed E-state index contributed by atoms with van der Waals surface area (Å²) in [6.07, 6.45) is 5.62. The molecule has 0 bridgehead atoms. The van der Waals surface area contributed by atoms with Crippen molar-refractivity contribution in [3.63, 3.8) is 0 Å². The van der Waals surface area contributed by atoms with E-state index >= 15 is 0 Å². The summed E-state index contributed by atoms with van der Waals surface area (Å²) in [7, 11) is 0. The molecule has 1 N–H and O–H groups in total. The maximum absolute atomic E-state index is 12.2. The summed E-state index contributed by atoms with van der Waals surface area (Å²) in [6, 6.07) is 7.46. The van der Waals surface area contributed by atoms with E-state index in [0.717, 1.165) is 24.8 Å². The second-order valence-corrected chi connectivity index (χ2v) is 6.13. The van der Waals surface area contributed by atoms with Gasteiger partial charge in [0.1, 0.15) is 11.4 Å². The Kier molecular flexibility index (Phi) is 2.31. The van der Waals surface area contributed by atoms with E-state index in [4.69, 9.17) is 4.74 Å². The Morgan fingerprint density at radius 3 is 2.84 bits per heavy atom. The first-order valence-corrected chi connectivity index (χ1v) is 7.26. The van der Waals surface area contributed by atoms with Crippen LogP contribution in [0, 0.1) is 17.8 Å². The molecular formula is C16H18O3. The zero-order valence-corrected chi connectivity index (χ0v) is 10.8. The second kappa shape index (κ2) is 3.83. The number of benzene rings is 1. The average molecular weight is 258 g/mol. The van der Waals surface area contributed by atoms with Crippen molar-refractivity contribution in [2.75, 3.05) is 0 Å². The van der Waals surface area contributed by atoms with Crippen molar-refractivity contribution in [1.29, 1.82) is 0 Å². The maximum Gasteiger partial charge on any atom is 0.317 e. The normalized spacial score (nSPS) is 40.1. The first-order chi connectivity index (χ1) is 9.23. The van der Waals surface area contributed by atoms with Crippen molar-refractivity contribution in [1.82, 2.24) is 0 Å². The van der Waals surface area contributed by atoms with Crippen LogP contribution in [0.25, 0.3) is 0 Å². The van der Waals surface area contributed by atoms with Crippen molar-refractivity contribution in [2.45, 2.75) is 37.7 Å². The lowest BCUT2D eigenvalue weighted by Crippen LogP contribution is -2.65. The lowest BCUT2D eigenvalue weighted by Gasteiger charge is -2.59. The standard InChI is InChI=1S/C16H18O3/c17-15-14-10-6-2-1-3-7-11(10)16(14,18)12-8-4-5-9-13(12)19-15/h4-5,8-11,14,18H,1-3,6-7H2/t10-,11-,14+,16-/m0/s1. The molecule has 2 saturated carbocycles. The van der Waals surface area contributed by atoms with Crippen molar-refractivity contribution >= 4 is 5.97 Å². The Labute approximate surface area is 112 Å². The zero-order chi connectivity index (χ0) is 13.0. The van der Waals surface area contributed by atoms with Crippen LogP contribution in [0.15, 0.2) is 24.3 Å². The third-order valence-corrected chi connectivity index (χ3v) is 5.32. The molecule has 3 nitrogen and oxygen atoms in total. The van der Waals surface area contributed by atoms with Gasteiger partial charge < -0.3 is 9.84 Å². The van der Waals surface area contributed by atoms with Crippen LogP contribution in [-0.2, 0) is 10.4 Å². The third kappa shape index (κ3) is 1.34. The monoisotopic (exact) mass is 258 g/mol. The first kappa shape index (κ1) is 11.5. The average Bonchev–Trinajstić information content (AvgIpc) is 2.61. The molecule has 2 fully saturated rings. The predicted octanol–water partition coefficient (Wildman–Crippen LogP) is 2.62. The quantitative estimate of drug-likeness (QED) is 0.575. The number of carbonyl (C=O) groups excluding carboxylic acids is 1. The van der Waals surface area contributed by atoms with Crippen LogP contribution in [0.1, 0.15) is 37.7 Å². The van der Waals surface area contributed by atoms with E-state index in [1.54, 1.807) is 6.07 Å². The van der Waals surface area contributed by atoms with Crippen LogP contribution < -0.4 is 4.74 Å². The number of aliphatic hydroxyl groups is 1. The van der Waals surface area contributed by atoms with E-state index < -0.39 is 5.60 Å². The number of hydrogen-bond donors (Lipinski definition) is 1. The zero-order valence-electron chi connectivity index (χ0n) is 10.8. The van der Waals surface area contributed by atoms with Gasteiger partial charge >= 0.3 is 5.97 Å². The molecule has 0 radical (unpaired) electrons. The molecule has 0 unspecified atom stereocenters. The highest BCUT2D eigenvalue weighted by Crippen LogP contribution is 2.63.